The molecule has 1 aromatic heterocycles. The van der Waals surface area contributed by atoms with Crippen molar-refractivity contribution in [3.8, 4) is 5.75 Å². The van der Waals surface area contributed by atoms with Crippen LogP contribution in [0.1, 0.15) is 18.9 Å². The standard InChI is InChI=1S/C18H22N4O/c1-2-17(15-6-8-16(23)9-7-15)20-22-13-11-21(12-14-22)18-5-3-4-10-19-18/h3-10,23H,2,11-14H2,1H3/p+1/b20-17+. The summed E-state index contributed by atoms with van der Waals surface area (Å²) >= 11 is 0. The predicted molar refractivity (Wildman–Crippen MR) is 91.7 cm³/mol. The van der Waals surface area contributed by atoms with Gasteiger partial charge in [-0.15, -0.1) is 0 Å². The quantitative estimate of drug-likeness (QED) is 0.880. The number of nitrogens with zero attached hydrogens (tertiary/aromatic N) is 3. The van der Waals surface area contributed by atoms with Crippen LogP contribution < -0.4 is 9.88 Å². The molecule has 0 bridgehead atoms. The summed E-state index contributed by atoms with van der Waals surface area (Å²) in [6.45, 7) is 5.84. The lowest BCUT2D eigenvalue weighted by Crippen LogP contribution is -2.46. The topological polar surface area (TPSA) is 53.2 Å². The molecule has 1 aromatic carbocycles. The number of aromatic amines is 1. The lowest BCUT2D eigenvalue weighted by atomic mass is 10.1. The number of hydrogen-bond donors (Lipinski definition) is 1. The number of anilines is 1. The van der Waals surface area contributed by atoms with Gasteiger partial charge in [0.05, 0.1) is 25.0 Å². The van der Waals surface area contributed by atoms with E-state index in [4.69, 9.17) is 5.10 Å². The van der Waals surface area contributed by atoms with Crippen LogP contribution in [-0.4, -0.2) is 42.0 Å². The zero-order valence-electron chi connectivity index (χ0n) is 13.4. The van der Waals surface area contributed by atoms with Crippen molar-refractivity contribution in [2.24, 2.45) is 5.10 Å². The summed E-state index contributed by atoms with van der Waals surface area (Å²) in [6.07, 6.45) is 2.83. The van der Waals surface area contributed by atoms with Gasteiger partial charge in [0.1, 0.15) is 18.8 Å². The molecule has 1 fully saturated rings. The van der Waals surface area contributed by atoms with Gasteiger partial charge in [-0.25, -0.2) is 4.98 Å². The molecule has 2 N–H and O–H groups in total. The van der Waals surface area contributed by atoms with E-state index in [0.29, 0.717) is 0 Å². The fourth-order valence-electron chi connectivity index (χ4n) is 2.77. The number of pyridine rings is 1. The van der Waals surface area contributed by atoms with Crippen LogP contribution >= 0.6 is 0 Å². The average Bonchev–Trinajstić information content (AvgIpc) is 2.62. The van der Waals surface area contributed by atoms with Gasteiger partial charge in [0.15, 0.2) is 0 Å². The van der Waals surface area contributed by atoms with Crippen molar-refractivity contribution >= 4 is 11.5 Å². The molecule has 0 spiro atoms. The minimum absolute atomic E-state index is 0.289. The Morgan fingerprint density at radius 2 is 1.83 bits per heavy atom. The molecule has 0 aliphatic carbocycles. The number of phenols is 1. The molecule has 1 aliphatic rings. The smallest absolute Gasteiger partial charge is 0.274 e. The number of nitrogens with one attached hydrogen (secondary N) is 1. The van der Waals surface area contributed by atoms with Gasteiger partial charge < -0.3 is 5.11 Å². The lowest BCUT2D eigenvalue weighted by molar-refractivity contribution is -0.364. The number of piperazine rings is 1. The number of phenolic OH excluding ortho intramolecular Hbond substituents is 1. The monoisotopic (exact) mass is 311 g/mol. The van der Waals surface area contributed by atoms with E-state index in [-0.39, 0.29) is 5.75 Å². The maximum atomic E-state index is 9.41. The number of hydrazone groups is 1. The Balaban J connectivity index is 1.65. The van der Waals surface area contributed by atoms with Crippen molar-refractivity contribution in [1.29, 1.82) is 0 Å². The summed E-state index contributed by atoms with van der Waals surface area (Å²) in [5.74, 6) is 1.45. The summed E-state index contributed by atoms with van der Waals surface area (Å²) in [6, 6.07) is 13.4. The molecule has 5 heteroatoms. The SMILES string of the molecule is CC/C(=N\N1CCN(c2cccc[nH+]2)CC1)c1ccc(O)cc1. The first-order valence-corrected chi connectivity index (χ1v) is 8.10. The summed E-state index contributed by atoms with van der Waals surface area (Å²) < 4.78 is 0. The highest BCUT2D eigenvalue weighted by Crippen LogP contribution is 2.14. The van der Waals surface area contributed by atoms with Gasteiger partial charge in [-0.3, -0.25) is 9.91 Å². The lowest BCUT2D eigenvalue weighted by Gasteiger charge is -2.29. The molecule has 1 saturated heterocycles. The average molecular weight is 311 g/mol. The fraction of sp³-hybridized carbons (Fsp3) is 0.333. The normalized spacial score (nSPS) is 15.8. The molecule has 120 valence electrons. The van der Waals surface area contributed by atoms with Gasteiger partial charge in [-0.1, -0.05) is 13.0 Å². The largest absolute Gasteiger partial charge is 0.508 e. The van der Waals surface area contributed by atoms with Crippen molar-refractivity contribution in [3.63, 3.8) is 0 Å². The molecule has 0 saturated carbocycles. The second-order valence-electron chi connectivity index (χ2n) is 5.64. The van der Waals surface area contributed by atoms with E-state index in [1.807, 2.05) is 24.4 Å². The van der Waals surface area contributed by atoms with E-state index in [1.165, 1.54) is 0 Å². The molecule has 0 radical (unpaired) electrons. The number of H-pyrrole nitrogens is 1. The third kappa shape index (κ3) is 3.80. The Morgan fingerprint density at radius 1 is 1.09 bits per heavy atom. The second-order valence-corrected chi connectivity index (χ2v) is 5.64. The molecular weight excluding hydrogens is 288 g/mol. The first kappa shape index (κ1) is 15.3. The highest BCUT2D eigenvalue weighted by atomic mass is 16.3. The van der Waals surface area contributed by atoms with Crippen molar-refractivity contribution in [2.45, 2.75) is 13.3 Å². The Hall–Kier alpha value is -2.56. The Labute approximate surface area is 136 Å². The first-order valence-electron chi connectivity index (χ1n) is 8.10. The number of aromatic hydroxyl groups is 1. The van der Waals surface area contributed by atoms with Gasteiger partial charge >= 0.3 is 0 Å². The van der Waals surface area contributed by atoms with Crippen LogP contribution in [0, 0.1) is 0 Å². The molecule has 0 atom stereocenters. The number of aromatic nitrogens is 1. The van der Waals surface area contributed by atoms with Gasteiger partial charge in [0.2, 0.25) is 0 Å². The molecular formula is C18H23N4O+. The Kier molecular flexibility index (Phi) is 4.76. The van der Waals surface area contributed by atoms with Gasteiger partial charge in [-0.05, 0) is 42.3 Å². The molecule has 2 aromatic rings. The van der Waals surface area contributed by atoms with Crippen LogP contribution in [0.5, 0.6) is 5.75 Å². The van der Waals surface area contributed by atoms with Crippen LogP contribution in [0.15, 0.2) is 53.8 Å². The Bertz CT molecular complexity index is 646. The van der Waals surface area contributed by atoms with E-state index >= 15 is 0 Å². The van der Waals surface area contributed by atoms with E-state index < -0.39 is 0 Å². The number of hydrogen-bond acceptors (Lipinski definition) is 4. The number of benzene rings is 1. The predicted octanol–water partition coefficient (Wildman–Crippen LogP) is 2.14. The van der Waals surface area contributed by atoms with Crippen LogP contribution in [0.4, 0.5) is 5.82 Å². The third-order valence-electron chi connectivity index (χ3n) is 4.09. The van der Waals surface area contributed by atoms with Crippen LogP contribution in [0.3, 0.4) is 0 Å². The van der Waals surface area contributed by atoms with Crippen molar-refractivity contribution < 1.29 is 10.1 Å². The second kappa shape index (κ2) is 7.13. The summed E-state index contributed by atoms with van der Waals surface area (Å²) in [7, 11) is 0. The highest BCUT2D eigenvalue weighted by molar-refractivity contribution is 6.00. The van der Waals surface area contributed by atoms with Crippen LogP contribution in [0.2, 0.25) is 0 Å². The molecule has 3 rings (SSSR count). The molecule has 23 heavy (non-hydrogen) atoms. The molecule has 2 heterocycles. The summed E-state index contributed by atoms with van der Waals surface area (Å²) in [5.41, 5.74) is 2.13. The minimum atomic E-state index is 0.289. The zero-order valence-corrected chi connectivity index (χ0v) is 13.4. The molecule has 5 nitrogen and oxygen atoms in total. The van der Waals surface area contributed by atoms with E-state index in [2.05, 4.69) is 33.9 Å². The summed E-state index contributed by atoms with van der Waals surface area (Å²) in [4.78, 5) is 5.63. The van der Waals surface area contributed by atoms with E-state index in [0.717, 1.165) is 49.7 Å². The van der Waals surface area contributed by atoms with Crippen molar-refractivity contribution in [1.82, 2.24) is 5.01 Å². The molecule has 1 aliphatic heterocycles. The maximum Gasteiger partial charge on any atom is 0.274 e. The fourth-order valence-corrected chi connectivity index (χ4v) is 2.77. The minimum Gasteiger partial charge on any atom is -0.508 e. The van der Waals surface area contributed by atoms with Crippen LogP contribution in [0.25, 0.3) is 0 Å². The van der Waals surface area contributed by atoms with Gasteiger partial charge in [0, 0.05) is 6.07 Å². The van der Waals surface area contributed by atoms with E-state index in [1.54, 1.807) is 12.1 Å². The van der Waals surface area contributed by atoms with Crippen LogP contribution in [-0.2, 0) is 0 Å². The van der Waals surface area contributed by atoms with Crippen molar-refractivity contribution in [3.05, 3.63) is 54.2 Å². The van der Waals surface area contributed by atoms with Gasteiger partial charge in [-0.2, -0.15) is 5.10 Å². The first-order chi connectivity index (χ1) is 11.3. The molecule has 0 unspecified atom stereocenters. The number of rotatable bonds is 4. The zero-order chi connectivity index (χ0) is 16.1. The highest BCUT2D eigenvalue weighted by Gasteiger charge is 2.22. The molecule has 0 amide bonds. The van der Waals surface area contributed by atoms with Gasteiger partial charge in [0.25, 0.3) is 5.82 Å². The van der Waals surface area contributed by atoms with Crippen molar-refractivity contribution in [2.75, 3.05) is 31.1 Å². The summed E-state index contributed by atoms with van der Waals surface area (Å²) in [5, 5.41) is 16.4. The maximum absolute atomic E-state index is 9.41. The third-order valence-corrected chi connectivity index (χ3v) is 4.09. The Morgan fingerprint density at radius 3 is 2.43 bits per heavy atom. The van der Waals surface area contributed by atoms with E-state index in [9.17, 15) is 5.11 Å².